The average Bonchev–Trinajstić information content (AvgIpc) is 3.87. The van der Waals surface area contributed by atoms with Crippen LogP contribution in [0.3, 0.4) is 0 Å². The van der Waals surface area contributed by atoms with Gasteiger partial charge in [-0.25, -0.2) is 22.5 Å². The average molecular weight is 820 g/mol. The number of carbonyl (C=O) groups is 4. The number of halogens is 4. The van der Waals surface area contributed by atoms with Gasteiger partial charge in [-0.1, -0.05) is 13.8 Å². The number of pyridine rings is 1. The Kier molecular flexibility index (Phi) is 11.3. The third-order valence-electron chi connectivity index (χ3n) is 12.0. The normalized spacial score (nSPS) is 21.9. The molecule has 6 heterocycles. The molecule has 0 unspecified atom stereocenters. The first-order valence-corrected chi connectivity index (χ1v) is 20.0. The predicted molar refractivity (Wildman–Crippen MR) is 206 cm³/mol. The minimum absolute atomic E-state index is 0.0000866. The second-order valence-corrected chi connectivity index (χ2v) is 16.1. The van der Waals surface area contributed by atoms with E-state index in [0.717, 1.165) is 18.5 Å². The molecule has 4 amide bonds. The van der Waals surface area contributed by atoms with E-state index in [-0.39, 0.29) is 65.5 Å². The van der Waals surface area contributed by atoms with Crippen LogP contribution in [0.2, 0.25) is 0 Å². The molecular formula is C41H45F4N9O5. The monoisotopic (exact) mass is 819 g/mol. The van der Waals surface area contributed by atoms with Crippen molar-refractivity contribution in [2.45, 2.75) is 82.7 Å². The number of piperazine rings is 1. The Labute approximate surface area is 337 Å². The summed E-state index contributed by atoms with van der Waals surface area (Å²) in [7, 11) is 0. The van der Waals surface area contributed by atoms with Crippen molar-refractivity contribution >= 4 is 35.0 Å². The molecule has 14 nitrogen and oxygen atoms in total. The van der Waals surface area contributed by atoms with Gasteiger partial charge < -0.3 is 19.5 Å². The molecule has 3 aromatic heterocycles. The summed E-state index contributed by atoms with van der Waals surface area (Å²) < 4.78 is 65.5. The maximum atomic E-state index is 15.1. The Balaban J connectivity index is 0.805. The number of rotatable bonds is 10. The summed E-state index contributed by atoms with van der Waals surface area (Å²) in [4.78, 5) is 64.7. The summed E-state index contributed by atoms with van der Waals surface area (Å²) in [5.41, 5.74) is 0.764. The third kappa shape index (κ3) is 8.31. The fourth-order valence-electron chi connectivity index (χ4n) is 8.60. The van der Waals surface area contributed by atoms with Crippen LogP contribution in [0.15, 0.2) is 47.3 Å². The lowest BCUT2D eigenvalue weighted by Gasteiger charge is -2.45. The van der Waals surface area contributed by atoms with Gasteiger partial charge in [-0.2, -0.15) is 5.10 Å². The fourth-order valence-corrected chi connectivity index (χ4v) is 8.60. The van der Waals surface area contributed by atoms with Crippen molar-refractivity contribution in [1.82, 2.24) is 34.9 Å². The van der Waals surface area contributed by atoms with E-state index < -0.39 is 47.4 Å². The standard InChI is InChI=1S/C41H45F4N9O5/c1-22(2)31-15-23(9-10-46-31)40-48-33(21-59-40)39(57)47-32-20-54(50-36(32)37(44)45)26-5-3-25(4-6-26)51-11-13-52(14-12-51)41(58)24-18-53(19-24)27-16-29(42)35(30(43)17-27)28-7-8-34(55)49-38(28)56/h9-10,15-17,20-22,24-26,28,37H,3-8,11-14,18-19H2,1-2H3,(H,47,57)(H,49,55,56)/t25?,26?,28-/m1/s1. The Bertz CT molecular complexity index is 2220. The van der Waals surface area contributed by atoms with Crippen molar-refractivity contribution in [2.24, 2.45) is 5.92 Å². The molecule has 3 aliphatic heterocycles. The van der Waals surface area contributed by atoms with Crippen LogP contribution in [-0.2, 0) is 14.4 Å². The molecule has 59 heavy (non-hydrogen) atoms. The number of hydrogen-bond donors (Lipinski definition) is 2. The number of carbonyl (C=O) groups excluding carboxylic acids is 4. The maximum Gasteiger partial charge on any atom is 0.284 e. The number of nitrogens with zero attached hydrogens (tertiary/aromatic N) is 7. The van der Waals surface area contributed by atoms with Gasteiger partial charge in [0, 0.05) is 86.6 Å². The molecule has 4 aliphatic rings. The van der Waals surface area contributed by atoms with Crippen LogP contribution in [0.25, 0.3) is 11.5 Å². The van der Waals surface area contributed by atoms with Crippen LogP contribution >= 0.6 is 0 Å². The van der Waals surface area contributed by atoms with Crippen molar-refractivity contribution in [1.29, 1.82) is 0 Å². The summed E-state index contributed by atoms with van der Waals surface area (Å²) >= 11 is 0. The van der Waals surface area contributed by atoms with Gasteiger partial charge in [0.1, 0.15) is 17.9 Å². The largest absolute Gasteiger partial charge is 0.444 e. The van der Waals surface area contributed by atoms with Crippen LogP contribution in [0.4, 0.5) is 28.9 Å². The molecule has 18 heteroatoms. The lowest BCUT2D eigenvalue weighted by molar-refractivity contribution is -0.138. The molecule has 8 rings (SSSR count). The van der Waals surface area contributed by atoms with Gasteiger partial charge >= 0.3 is 0 Å². The van der Waals surface area contributed by atoms with Crippen LogP contribution < -0.4 is 15.5 Å². The molecule has 0 bridgehead atoms. The number of nitrogens with one attached hydrogen (secondary N) is 2. The number of oxazole rings is 1. The summed E-state index contributed by atoms with van der Waals surface area (Å²) in [5.74, 6) is -4.58. The van der Waals surface area contributed by atoms with E-state index in [0.29, 0.717) is 63.4 Å². The van der Waals surface area contributed by atoms with Gasteiger partial charge in [0.15, 0.2) is 11.4 Å². The number of anilines is 2. The van der Waals surface area contributed by atoms with Crippen molar-refractivity contribution < 1.29 is 41.2 Å². The van der Waals surface area contributed by atoms with Gasteiger partial charge in [-0.3, -0.25) is 39.1 Å². The van der Waals surface area contributed by atoms with Gasteiger partial charge in [-0.05, 0) is 62.3 Å². The minimum Gasteiger partial charge on any atom is -0.444 e. The van der Waals surface area contributed by atoms with E-state index in [4.69, 9.17) is 4.42 Å². The topological polar surface area (TPSA) is 159 Å². The van der Waals surface area contributed by atoms with Gasteiger partial charge in [0.25, 0.3) is 12.3 Å². The van der Waals surface area contributed by atoms with Crippen molar-refractivity contribution in [3.05, 3.63) is 77.2 Å². The number of amides is 4. The van der Waals surface area contributed by atoms with Gasteiger partial charge in [-0.15, -0.1) is 0 Å². The molecule has 1 aromatic carbocycles. The van der Waals surface area contributed by atoms with Crippen LogP contribution in [-0.4, -0.2) is 98.5 Å². The first-order chi connectivity index (χ1) is 28.3. The highest BCUT2D eigenvalue weighted by atomic mass is 19.3. The molecule has 1 aliphatic carbocycles. The predicted octanol–water partition coefficient (Wildman–Crippen LogP) is 5.81. The number of benzene rings is 1. The zero-order valence-corrected chi connectivity index (χ0v) is 32.7. The zero-order valence-electron chi connectivity index (χ0n) is 32.7. The van der Waals surface area contributed by atoms with Gasteiger partial charge in [0.2, 0.25) is 23.6 Å². The van der Waals surface area contributed by atoms with Crippen molar-refractivity contribution in [3.63, 3.8) is 0 Å². The maximum absolute atomic E-state index is 15.1. The highest BCUT2D eigenvalue weighted by molar-refractivity contribution is 6.03. The highest BCUT2D eigenvalue weighted by Crippen LogP contribution is 2.37. The number of imide groups is 1. The van der Waals surface area contributed by atoms with E-state index in [2.05, 4.69) is 30.6 Å². The summed E-state index contributed by atoms with van der Waals surface area (Å²) in [5, 5.41) is 8.88. The first-order valence-electron chi connectivity index (χ1n) is 20.0. The van der Waals surface area contributed by atoms with E-state index in [1.165, 1.54) is 29.3 Å². The molecule has 3 saturated heterocycles. The highest BCUT2D eigenvalue weighted by Gasteiger charge is 2.39. The quantitative estimate of drug-likeness (QED) is 0.148. The second kappa shape index (κ2) is 16.5. The van der Waals surface area contributed by atoms with E-state index in [1.54, 1.807) is 17.2 Å². The van der Waals surface area contributed by atoms with Crippen LogP contribution in [0.1, 0.15) is 104 Å². The number of alkyl halides is 2. The number of aromatic nitrogens is 4. The lowest BCUT2D eigenvalue weighted by Crippen LogP contribution is -2.59. The third-order valence-corrected chi connectivity index (χ3v) is 12.0. The molecule has 4 fully saturated rings. The Hall–Kier alpha value is -5.65. The Morgan fingerprint density at radius 3 is 2.31 bits per heavy atom. The van der Waals surface area contributed by atoms with Crippen molar-refractivity contribution in [3.8, 4) is 11.5 Å². The second-order valence-electron chi connectivity index (χ2n) is 16.1. The van der Waals surface area contributed by atoms with Gasteiger partial charge in [0.05, 0.1) is 23.6 Å². The van der Waals surface area contributed by atoms with E-state index in [1.807, 2.05) is 24.8 Å². The SMILES string of the molecule is CC(C)c1cc(-c2nc(C(=O)Nc3cn(C4CCC(N5CCN(C(=O)C6CN(c7cc(F)c([C@H]8CCC(=O)NC8=O)c(F)c7)C6)CC5)CC4)nc3C(F)F)co2)ccn1. The summed E-state index contributed by atoms with van der Waals surface area (Å²) in [6, 6.07) is 6.03. The van der Waals surface area contributed by atoms with Crippen LogP contribution in [0, 0.1) is 17.6 Å². The minimum atomic E-state index is -2.91. The van der Waals surface area contributed by atoms with Crippen LogP contribution in [0.5, 0.6) is 0 Å². The Morgan fingerprint density at radius 2 is 1.64 bits per heavy atom. The first kappa shape index (κ1) is 40.1. The van der Waals surface area contributed by atoms with E-state index in [9.17, 15) is 28.0 Å². The summed E-state index contributed by atoms with van der Waals surface area (Å²) in [6.45, 7) is 7.12. The zero-order chi connectivity index (χ0) is 41.5. The fraction of sp³-hybridized carbons (Fsp3) is 0.488. The Morgan fingerprint density at radius 1 is 0.949 bits per heavy atom. The molecule has 0 radical (unpaired) electrons. The molecule has 0 spiro atoms. The molecule has 1 saturated carbocycles. The molecule has 2 N–H and O–H groups in total. The molecule has 312 valence electrons. The molecule has 4 aromatic rings. The smallest absolute Gasteiger partial charge is 0.284 e. The lowest BCUT2D eigenvalue weighted by atomic mass is 9.89. The number of hydrogen-bond acceptors (Lipinski definition) is 10. The van der Waals surface area contributed by atoms with E-state index >= 15 is 8.78 Å². The summed E-state index contributed by atoms with van der Waals surface area (Å²) in [6.07, 6.45) is 4.44. The number of piperidine rings is 1. The van der Waals surface area contributed by atoms with Crippen molar-refractivity contribution in [2.75, 3.05) is 49.5 Å². The molecular weight excluding hydrogens is 775 g/mol. The molecule has 1 atom stereocenters.